The van der Waals surface area contributed by atoms with E-state index in [4.69, 9.17) is 16.6 Å². The Kier molecular flexibility index (Phi) is 2.23. The molecular formula is C7H11N3OS. The molecule has 12 heavy (non-hydrogen) atoms. The zero-order chi connectivity index (χ0) is 8.39. The first-order valence-corrected chi connectivity index (χ1v) is 4.56. The van der Waals surface area contributed by atoms with E-state index in [9.17, 15) is 0 Å². The second-order valence-electron chi connectivity index (χ2n) is 2.95. The van der Waals surface area contributed by atoms with E-state index < -0.39 is 0 Å². The van der Waals surface area contributed by atoms with Gasteiger partial charge in [-0.2, -0.15) is 0 Å². The molecule has 0 aliphatic carbocycles. The number of piperidine rings is 1. The number of hydrogen-bond acceptors (Lipinski definition) is 4. The van der Waals surface area contributed by atoms with Crippen molar-refractivity contribution in [3.63, 3.8) is 0 Å². The predicted molar refractivity (Wildman–Crippen MR) is 46.3 cm³/mol. The van der Waals surface area contributed by atoms with Gasteiger partial charge in [-0.3, -0.25) is 0 Å². The lowest BCUT2D eigenvalue weighted by atomic mass is 10.1. The summed E-state index contributed by atoms with van der Waals surface area (Å²) in [5.74, 6) is 0.694. The van der Waals surface area contributed by atoms with E-state index >= 15 is 0 Å². The maximum Gasteiger partial charge on any atom is 0.284 e. The smallest absolute Gasteiger partial charge is 0.284 e. The fraction of sp³-hybridized carbons (Fsp3) is 0.714. The van der Waals surface area contributed by atoms with E-state index in [-0.39, 0.29) is 6.04 Å². The van der Waals surface area contributed by atoms with Crippen molar-refractivity contribution in [2.24, 2.45) is 0 Å². The van der Waals surface area contributed by atoms with Gasteiger partial charge in [-0.25, -0.2) is 5.10 Å². The molecule has 1 atom stereocenters. The molecule has 1 aromatic heterocycles. The molecular weight excluding hydrogens is 174 g/mol. The molecule has 1 unspecified atom stereocenters. The van der Waals surface area contributed by atoms with Crippen LogP contribution in [-0.2, 0) is 0 Å². The van der Waals surface area contributed by atoms with E-state index in [2.05, 4.69) is 15.5 Å². The van der Waals surface area contributed by atoms with Crippen LogP contribution in [0.15, 0.2) is 4.42 Å². The Balaban J connectivity index is 2.13. The van der Waals surface area contributed by atoms with E-state index in [1.54, 1.807) is 0 Å². The van der Waals surface area contributed by atoms with Gasteiger partial charge >= 0.3 is 0 Å². The molecule has 2 rings (SSSR count). The van der Waals surface area contributed by atoms with Crippen LogP contribution >= 0.6 is 12.2 Å². The highest BCUT2D eigenvalue weighted by Crippen LogP contribution is 2.20. The average Bonchev–Trinajstić information content (AvgIpc) is 2.54. The minimum absolute atomic E-state index is 0.256. The van der Waals surface area contributed by atoms with Crippen molar-refractivity contribution in [3.05, 3.63) is 10.7 Å². The maximum absolute atomic E-state index is 5.21. The van der Waals surface area contributed by atoms with E-state index in [0.29, 0.717) is 10.7 Å². The van der Waals surface area contributed by atoms with Crippen LogP contribution in [0.3, 0.4) is 0 Å². The van der Waals surface area contributed by atoms with Crippen molar-refractivity contribution >= 4 is 12.2 Å². The summed E-state index contributed by atoms with van der Waals surface area (Å²) >= 11 is 4.79. The molecule has 1 fully saturated rings. The quantitative estimate of drug-likeness (QED) is 0.652. The summed E-state index contributed by atoms with van der Waals surface area (Å²) in [6.45, 7) is 1.04. The molecule has 0 spiro atoms. The van der Waals surface area contributed by atoms with Gasteiger partial charge in [0, 0.05) is 0 Å². The Morgan fingerprint density at radius 2 is 2.42 bits per heavy atom. The third-order valence-corrected chi connectivity index (χ3v) is 2.24. The molecule has 2 heterocycles. The fourth-order valence-corrected chi connectivity index (χ4v) is 1.58. The first-order chi connectivity index (χ1) is 5.86. The molecule has 0 bridgehead atoms. The molecule has 0 radical (unpaired) electrons. The van der Waals surface area contributed by atoms with Crippen molar-refractivity contribution in [1.29, 1.82) is 0 Å². The topological polar surface area (TPSA) is 53.9 Å². The standard InChI is InChI=1S/C7H11N3OS/c12-7-10-9-6(11-7)5-3-1-2-4-8-5/h5,8H,1-4H2,(H,10,12). The normalized spacial score (nSPS) is 24.2. The maximum atomic E-state index is 5.21. The first-order valence-electron chi connectivity index (χ1n) is 4.15. The summed E-state index contributed by atoms with van der Waals surface area (Å²) in [7, 11) is 0. The second kappa shape index (κ2) is 3.37. The zero-order valence-electron chi connectivity index (χ0n) is 6.67. The highest BCUT2D eigenvalue weighted by molar-refractivity contribution is 7.71. The molecule has 1 aromatic rings. The fourth-order valence-electron chi connectivity index (χ4n) is 1.45. The third kappa shape index (κ3) is 1.56. The second-order valence-corrected chi connectivity index (χ2v) is 3.32. The van der Waals surface area contributed by atoms with Gasteiger partial charge in [0.15, 0.2) is 0 Å². The van der Waals surface area contributed by atoms with Gasteiger partial charge in [0.05, 0.1) is 6.04 Å². The number of hydrogen-bond donors (Lipinski definition) is 2. The summed E-state index contributed by atoms with van der Waals surface area (Å²) in [6.07, 6.45) is 3.55. The Labute approximate surface area is 75.4 Å². The number of H-pyrrole nitrogens is 1. The van der Waals surface area contributed by atoms with Gasteiger partial charge in [-0.05, 0) is 31.6 Å². The number of nitrogens with one attached hydrogen (secondary N) is 2. The van der Waals surface area contributed by atoms with Crippen molar-refractivity contribution in [2.45, 2.75) is 25.3 Å². The van der Waals surface area contributed by atoms with Gasteiger partial charge in [0.25, 0.3) is 4.84 Å². The Morgan fingerprint density at radius 1 is 1.50 bits per heavy atom. The van der Waals surface area contributed by atoms with E-state index in [0.717, 1.165) is 13.0 Å². The monoisotopic (exact) mass is 185 g/mol. The third-order valence-electron chi connectivity index (χ3n) is 2.06. The average molecular weight is 185 g/mol. The Bertz CT molecular complexity index is 300. The van der Waals surface area contributed by atoms with E-state index in [1.807, 2.05) is 0 Å². The van der Waals surface area contributed by atoms with Crippen LogP contribution in [0, 0.1) is 4.84 Å². The lowest BCUT2D eigenvalue weighted by Crippen LogP contribution is -2.26. The van der Waals surface area contributed by atoms with Crippen molar-refractivity contribution in [2.75, 3.05) is 6.54 Å². The van der Waals surface area contributed by atoms with Gasteiger partial charge in [0.1, 0.15) is 0 Å². The van der Waals surface area contributed by atoms with Crippen LogP contribution in [-0.4, -0.2) is 16.7 Å². The zero-order valence-corrected chi connectivity index (χ0v) is 7.49. The van der Waals surface area contributed by atoms with Crippen LogP contribution in [0.4, 0.5) is 0 Å². The molecule has 5 heteroatoms. The molecule has 66 valence electrons. The number of aromatic nitrogens is 2. The molecule has 0 amide bonds. The summed E-state index contributed by atoms with van der Waals surface area (Å²) < 4.78 is 5.21. The van der Waals surface area contributed by atoms with Crippen molar-refractivity contribution in [1.82, 2.24) is 15.5 Å². The molecule has 0 saturated carbocycles. The molecule has 1 aliphatic rings. The molecule has 1 aliphatic heterocycles. The van der Waals surface area contributed by atoms with Crippen LogP contribution in [0.5, 0.6) is 0 Å². The number of aromatic amines is 1. The summed E-state index contributed by atoms with van der Waals surface area (Å²) in [5.41, 5.74) is 0. The number of nitrogens with zero attached hydrogens (tertiary/aromatic N) is 1. The molecule has 1 saturated heterocycles. The lowest BCUT2D eigenvalue weighted by Gasteiger charge is -2.19. The van der Waals surface area contributed by atoms with Crippen LogP contribution < -0.4 is 5.32 Å². The van der Waals surface area contributed by atoms with Crippen molar-refractivity contribution in [3.8, 4) is 0 Å². The SMILES string of the molecule is S=c1[nH]nc(C2CCCCN2)o1. The minimum Gasteiger partial charge on any atom is -0.412 e. The summed E-state index contributed by atoms with van der Waals surface area (Å²) in [4.78, 5) is 0.359. The summed E-state index contributed by atoms with van der Waals surface area (Å²) in [5, 5.41) is 9.93. The minimum atomic E-state index is 0.256. The first kappa shape index (κ1) is 7.94. The van der Waals surface area contributed by atoms with Gasteiger partial charge in [-0.15, -0.1) is 5.10 Å². The van der Waals surface area contributed by atoms with Crippen LogP contribution in [0.25, 0.3) is 0 Å². The van der Waals surface area contributed by atoms with Crippen molar-refractivity contribution < 1.29 is 4.42 Å². The largest absolute Gasteiger partial charge is 0.412 e. The lowest BCUT2D eigenvalue weighted by molar-refractivity contribution is 0.335. The van der Waals surface area contributed by atoms with Crippen LogP contribution in [0.2, 0.25) is 0 Å². The Morgan fingerprint density at radius 3 is 3.00 bits per heavy atom. The van der Waals surface area contributed by atoms with Gasteiger partial charge in [0.2, 0.25) is 5.89 Å². The van der Waals surface area contributed by atoms with Gasteiger partial charge in [-0.1, -0.05) is 6.42 Å². The summed E-state index contributed by atoms with van der Waals surface area (Å²) in [6, 6.07) is 0.256. The molecule has 2 N–H and O–H groups in total. The highest BCUT2D eigenvalue weighted by Gasteiger charge is 2.18. The predicted octanol–water partition coefficient (Wildman–Crippen LogP) is 1.55. The van der Waals surface area contributed by atoms with Crippen LogP contribution in [0.1, 0.15) is 31.2 Å². The highest BCUT2D eigenvalue weighted by atomic mass is 32.1. The number of rotatable bonds is 1. The Hall–Kier alpha value is -0.680. The molecule has 4 nitrogen and oxygen atoms in total. The van der Waals surface area contributed by atoms with Gasteiger partial charge < -0.3 is 9.73 Å². The molecule has 0 aromatic carbocycles. The van der Waals surface area contributed by atoms with E-state index in [1.165, 1.54) is 12.8 Å².